The summed E-state index contributed by atoms with van der Waals surface area (Å²) in [5, 5.41) is 3.21. The maximum Gasteiger partial charge on any atom is 0.234 e. The summed E-state index contributed by atoms with van der Waals surface area (Å²) in [6.45, 7) is 4.72. The molecule has 0 aromatic carbocycles. The second kappa shape index (κ2) is 8.27. The molecule has 3 rings (SSSR count). The lowest BCUT2D eigenvalue weighted by Crippen LogP contribution is -2.51. The van der Waals surface area contributed by atoms with E-state index >= 15 is 0 Å². The molecule has 0 radical (unpaired) electrons. The third-order valence-corrected chi connectivity index (χ3v) is 5.36. The van der Waals surface area contributed by atoms with Crippen molar-refractivity contribution in [3.63, 3.8) is 0 Å². The summed E-state index contributed by atoms with van der Waals surface area (Å²) >= 11 is 0. The van der Waals surface area contributed by atoms with E-state index in [9.17, 15) is 4.79 Å². The maximum atomic E-state index is 12.3. The monoisotopic (exact) mass is 310 g/mol. The van der Waals surface area contributed by atoms with Gasteiger partial charge < -0.3 is 14.8 Å². The van der Waals surface area contributed by atoms with E-state index in [1.165, 1.54) is 12.8 Å². The lowest BCUT2D eigenvalue weighted by molar-refractivity contribution is -0.125. The molecule has 1 unspecified atom stereocenters. The Morgan fingerprint density at radius 2 is 1.82 bits per heavy atom. The highest BCUT2D eigenvalue weighted by atomic mass is 16.5. The van der Waals surface area contributed by atoms with Gasteiger partial charge in [0.05, 0.1) is 19.8 Å². The van der Waals surface area contributed by atoms with E-state index in [4.69, 9.17) is 9.47 Å². The van der Waals surface area contributed by atoms with Gasteiger partial charge >= 0.3 is 0 Å². The molecule has 0 spiro atoms. The van der Waals surface area contributed by atoms with Crippen molar-refractivity contribution in [3.8, 4) is 0 Å². The van der Waals surface area contributed by atoms with Crippen molar-refractivity contribution in [1.82, 2.24) is 10.2 Å². The molecule has 0 bridgehead atoms. The number of morpholine rings is 1. The molecule has 126 valence electrons. The van der Waals surface area contributed by atoms with Crippen LogP contribution in [-0.2, 0) is 14.3 Å². The van der Waals surface area contributed by atoms with Crippen molar-refractivity contribution in [3.05, 3.63) is 0 Å². The van der Waals surface area contributed by atoms with Crippen LogP contribution in [0.1, 0.15) is 44.9 Å². The van der Waals surface area contributed by atoms with Crippen LogP contribution < -0.4 is 5.32 Å². The highest BCUT2D eigenvalue weighted by Gasteiger charge is 2.29. The van der Waals surface area contributed by atoms with Crippen molar-refractivity contribution < 1.29 is 14.3 Å². The molecule has 0 aromatic rings. The number of carbonyl (C=O) groups excluding carboxylic acids is 1. The van der Waals surface area contributed by atoms with E-state index in [1.807, 2.05) is 0 Å². The molecule has 22 heavy (non-hydrogen) atoms. The van der Waals surface area contributed by atoms with Crippen LogP contribution in [0, 0.1) is 5.92 Å². The minimum atomic E-state index is 0.200. The van der Waals surface area contributed by atoms with E-state index in [1.54, 1.807) is 0 Å². The van der Waals surface area contributed by atoms with Crippen LogP contribution in [0.4, 0.5) is 0 Å². The van der Waals surface area contributed by atoms with Gasteiger partial charge in [-0.15, -0.1) is 0 Å². The highest BCUT2D eigenvalue weighted by Crippen LogP contribution is 2.24. The molecule has 2 aliphatic heterocycles. The van der Waals surface area contributed by atoms with E-state index in [-0.39, 0.29) is 5.91 Å². The average Bonchev–Trinajstić information content (AvgIpc) is 3.03. The molecular formula is C17H30N2O3. The SMILES string of the molecule is O=C(CN1CCOCC1CC1CCOCC1)NC1CCCC1. The molecule has 5 heteroatoms. The molecule has 3 aliphatic rings. The van der Waals surface area contributed by atoms with Crippen LogP contribution in [-0.4, -0.2) is 62.4 Å². The van der Waals surface area contributed by atoms with Crippen LogP contribution in [0.25, 0.3) is 0 Å². The van der Waals surface area contributed by atoms with Gasteiger partial charge in [-0.05, 0) is 38.0 Å². The molecule has 2 heterocycles. The molecule has 3 fully saturated rings. The number of nitrogens with one attached hydrogen (secondary N) is 1. The lowest BCUT2D eigenvalue weighted by atomic mass is 9.91. The van der Waals surface area contributed by atoms with Gasteiger partial charge in [-0.3, -0.25) is 9.69 Å². The molecule has 1 aliphatic carbocycles. The topological polar surface area (TPSA) is 50.8 Å². The number of nitrogens with zero attached hydrogens (tertiary/aromatic N) is 1. The second-order valence-electron chi connectivity index (χ2n) is 7.04. The summed E-state index contributed by atoms with van der Waals surface area (Å²) in [5.74, 6) is 0.923. The predicted molar refractivity (Wildman–Crippen MR) is 84.7 cm³/mol. The van der Waals surface area contributed by atoms with Gasteiger partial charge in [0.25, 0.3) is 0 Å². The van der Waals surface area contributed by atoms with Gasteiger partial charge in [0.2, 0.25) is 5.91 Å². The van der Waals surface area contributed by atoms with E-state index in [0.29, 0.717) is 18.6 Å². The Bertz CT molecular complexity index is 352. The zero-order valence-electron chi connectivity index (χ0n) is 13.6. The van der Waals surface area contributed by atoms with E-state index in [2.05, 4.69) is 10.2 Å². The summed E-state index contributed by atoms with van der Waals surface area (Å²) in [4.78, 5) is 14.6. The number of carbonyl (C=O) groups is 1. The van der Waals surface area contributed by atoms with Gasteiger partial charge in [-0.1, -0.05) is 12.8 Å². The Morgan fingerprint density at radius 1 is 1.05 bits per heavy atom. The van der Waals surface area contributed by atoms with Crippen LogP contribution in [0.15, 0.2) is 0 Å². The summed E-state index contributed by atoms with van der Waals surface area (Å²) in [6.07, 6.45) is 8.27. The van der Waals surface area contributed by atoms with Crippen LogP contribution in [0.5, 0.6) is 0 Å². The van der Waals surface area contributed by atoms with Gasteiger partial charge in [0, 0.05) is 31.8 Å². The quantitative estimate of drug-likeness (QED) is 0.837. The normalized spacial score (nSPS) is 28.8. The zero-order valence-corrected chi connectivity index (χ0v) is 13.6. The Labute approximate surface area is 133 Å². The predicted octanol–water partition coefficient (Wildman–Crippen LogP) is 1.56. The van der Waals surface area contributed by atoms with Gasteiger partial charge in [-0.2, -0.15) is 0 Å². The van der Waals surface area contributed by atoms with Crippen molar-refractivity contribution >= 4 is 5.91 Å². The van der Waals surface area contributed by atoms with Gasteiger partial charge in [0.15, 0.2) is 0 Å². The number of hydrogen-bond donors (Lipinski definition) is 1. The highest BCUT2D eigenvalue weighted by molar-refractivity contribution is 5.78. The third-order valence-electron chi connectivity index (χ3n) is 5.36. The van der Waals surface area contributed by atoms with Gasteiger partial charge in [-0.25, -0.2) is 0 Å². The Morgan fingerprint density at radius 3 is 2.59 bits per heavy atom. The largest absolute Gasteiger partial charge is 0.381 e. The molecule has 2 saturated heterocycles. The molecule has 0 aromatic heterocycles. The zero-order chi connectivity index (χ0) is 15.2. The van der Waals surface area contributed by atoms with Crippen LogP contribution in [0.3, 0.4) is 0 Å². The first-order valence-corrected chi connectivity index (χ1v) is 9.00. The lowest BCUT2D eigenvalue weighted by Gasteiger charge is -2.37. The van der Waals surface area contributed by atoms with E-state index in [0.717, 1.165) is 71.0 Å². The minimum Gasteiger partial charge on any atom is -0.381 e. The molecule has 1 atom stereocenters. The number of amides is 1. The fraction of sp³-hybridized carbons (Fsp3) is 0.941. The first-order valence-electron chi connectivity index (χ1n) is 9.00. The molecule has 1 saturated carbocycles. The van der Waals surface area contributed by atoms with Crippen molar-refractivity contribution in [2.45, 2.75) is 57.0 Å². The van der Waals surface area contributed by atoms with Crippen LogP contribution in [0.2, 0.25) is 0 Å². The Balaban J connectivity index is 1.47. The van der Waals surface area contributed by atoms with Gasteiger partial charge in [0.1, 0.15) is 0 Å². The molecule has 1 amide bonds. The average molecular weight is 310 g/mol. The van der Waals surface area contributed by atoms with Crippen LogP contribution >= 0.6 is 0 Å². The van der Waals surface area contributed by atoms with Crippen molar-refractivity contribution in [2.75, 3.05) is 39.5 Å². The molecular weight excluding hydrogens is 280 g/mol. The Hall–Kier alpha value is -0.650. The first-order chi connectivity index (χ1) is 10.8. The summed E-state index contributed by atoms with van der Waals surface area (Å²) < 4.78 is 11.1. The van der Waals surface area contributed by atoms with E-state index < -0.39 is 0 Å². The smallest absolute Gasteiger partial charge is 0.234 e. The summed E-state index contributed by atoms with van der Waals surface area (Å²) in [7, 11) is 0. The molecule has 5 nitrogen and oxygen atoms in total. The fourth-order valence-electron chi connectivity index (χ4n) is 4.01. The second-order valence-corrected chi connectivity index (χ2v) is 7.04. The van der Waals surface area contributed by atoms with Crippen molar-refractivity contribution in [2.24, 2.45) is 5.92 Å². The summed E-state index contributed by atoms with van der Waals surface area (Å²) in [5.41, 5.74) is 0. The molecule has 1 N–H and O–H groups in total. The standard InChI is InChI=1S/C17H30N2O3/c20-17(18-15-3-1-2-4-15)12-19-7-10-22-13-16(19)11-14-5-8-21-9-6-14/h14-16H,1-13H2,(H,18,20). The minimum absolute atomic E-state index is 0.200. The number of rotatable bonds is 5. The fourth-order valence-corrected chi connectivity index (χ4v) is 4.01. The Kier molecular flexibility index (Phi) is 6.10. The number of hydrogen-bond acceptors (Lipinski definition) is 4. The van der Waals surface area contributed by atoms with Crippen molar-refractivity contribution in [1.29, 1.82) is 0 Å². The number of ether oxygens (including phenoxy) is 2. The third kappa shape index (κ3) is 4.67. The summed E-state index contributed by atoms with van der Waals surface area (Å²) in [6, 6.07) is 0.814. The maximum absolute atomic E-state index is 12.3. The first kappa shape index (κ1) is 16.2.